The summed E-state index contributed by atoms with van der Waals surface area (Å²) in [6, 6.07) is 5.33. The van der Waals surface area contributed by atoms with Gasteiger partial charge in [-0.3, -0.25) is 14.7 Å². The van der Waals surface area contributed by atoms with Crippen LogP contribution in [-0.2, 0) is 19.5 Å². The molecule has 3 heterocycles. The van der Waals surface area contributed by atoms with E-state index in [1.807, 2.05) is 12.1 Å². The molecule has 0 saturated heterocycles. The molecule has 6 nitrogen and oxygen atoms in total. The topological polar surface area (TPSA) is 81.6 Å². The molecule has 4 rings (SSSR count). The van der Waals surface area contributed by atoms with E-state index in [0.29, 0.717) is 35.9 Å². The van der Waals surface area contributed by atoms with Gasteiger partial charge in [-0.05, 0) is 25.3 Å². The first kappa shape index (κ1) is 17.2. The Morgan fingerprint density at radius 3 is 2.96 bits per heavy atom. The third kappa shape index (κ3) is 3.39. The number of para-hydroxylation sites is 1. The minimum atomic E-state index is -0.0849. The lowest BCUT2D eigenvalue weighted by molar-refractivity contribution is 0.238. The van der Waals surface area contributed by atoms with E-state index in [4.69, 9.17) is 11.6 Å². The van der Waals surface area contributed by atoms with Crippen molar-refractivity contribution < 1.29 is 5.11 Å². The fraction of sp³-hybridized carbons (Fsp3) is 0.421. The van der Waals surface area contributed by atoms with Gasteiger partial charge in [0, 0.05) is 38.2 Å². The van der Waals surface area contributed by atoms with Crippen molar-refractivity contribution in [1.82, 2.24) is 14.9 Å². The number of phenolic OH excluding ortho intramolecular Hbond substituents is 1. The summed E-state index contributed by atoms with van der Waals surface area (Å²) < 4.78 is 0. The van der Waals surface area contributed by atoms with Gasteiger partial charge in [0.25, 0.3) is 5.56 Å². The van der Waals surface area contributed by atoms with Crippen LogP contribution in [0, 0.1) is 0 Å². The molecule has 0 aliphatic carbocycles. The third-order valence-corrected chi connectivity index (χ3v) is 5.31. The van der Waals surface area contributed by atoms with Gasteiger partial charge in [0.05, 0.1) is 22.0 Å². The molecule has 1 aromatic carbocycles. The maximum absolute atomic E-state index is 12.6. The molecular weight excluding hydrogens is 352 g/mol. The van der Waals surface area contributed by atoms with Crippen molar-refractivity contribution in [3.8, 4) is 5.75 Å². The number of halogens is 1. The zero-order chi connectivity index (χ0) is 18.1. The van der Waals surface area contributed by atoms with Crippen LogP contribution < -0.4 is 5.56 Å². The molecule has 1 aromatic heterocycles. The normalized spacial score (nSPS) is 17.7. The summed E-state index contributed by atoms with van der Waals surface area (Å²) >= 11 is 5.98. The van der Waals surface area contributed by atoms with Crippen LogP contribution in [0.1, 0.15) is 41.9 Å². The van der Waals surface area contributed by atoms with E-state index in [2.05, 4.69) is 19.9 Å². The number of nitrogens with one attached hydrogen (secondary N) is 1. The van der Waals surface area contributed by atoms with Crippen molar-refractivity contribution in [2.45, 2.75) is 38.8 Å². The zero-order valence-corrected chi connectivity index (χ0v) is 15.2. The van der Waals surface area contributed by atoms with Gasteiger partial charge in [0.2, 0.25) is 0 Å². The molecule has 0 spiro atoms. The number of aliphatic imine (C=N–C) groups is 1. The Hall–Kier alpha value is -2.18. The first-order valence-corrected chi connectivity index (χ1v) is 9.34. The smallest absolute Gasteiger partial charge is 0.255 e. The second kappa shape index (κ2) is 7.21. The van der Waals surface area contributed by atoms with Crippen molar-refractivity contribution in [3.63, 3.8) is 0 Å². The fourth-order valence-electron chi connectivity index (χ4n) is 3.57. The van der Waals surface area contributed by atoms with Gasteiger partial charge >= 0.3 is 0 Å². The van der Waals surface area contributed by atoms with E-state index in [1.54, 1.807) is 6.07 Å². The SMILES string of the molecule is O=c1[nH]c(C2=NCCCC2)nc2c1CN(Cc1cccc(Cl)c1O)CC2. The number of aromatic amines is 1. The zero-order valence-electron chi connectivity index (χ0n) is 14.5. The molecule has 0 saturated carbocycles. The van der Waals surface area contributed by atoms with E-state index in [1.165, 1.54) is 0 Å². The van der Waals surface area contributed by atoms with Gasteiger partial charge in [-0.15, -0.1) is 0 Å². The van der Waals surface area contributed by atoms with Crippen molar-refractivity contribution in [2.75, 3.05) is 13.1 Å². The number of aromatic hydroxyl groups is 1. The number of hydrogen-bond acceptors (Lipinski definition) is 5. The third-order valence-electron chi connectivity index (χ3n) is 5.01. The number of phenols is 1. The van der Waals surface area contributed by atoms with Crippen LogP contribution >= 0.6 is 11.6 Å². The Bertz CT molecular complexity index is 922. The van der Waals surface area contributed by atoms with Gasteiger partial charge in [0.15, 0.2) is 5.82 Å². The van der Waals surface area contributed by atoms with Crippen LogP contribution in [0.15, 0.2) is 28.0 Å². The minimum absolute atomic E-state index is 0.0849. The van der Waals surface area contributed by atoms with Gasteiger partial charge in [-0.2, -0.15) is 0 Å². The summed E-state index contributed by atoms with van der Waals surface area (Å²) in [5.41, 5.74) is 3.17. The van der Waals surface area contributed by atoms with Crippen LogP contribution in [0.4, 0.5) is 0 Å². The molecule has 2 N–H and O–H groups in total. The molecule has 0 atom stereocenters. The van der Waals surface area contributed by atoms with Crippen molar-refractivity contribution in [2.24, 2.45) is 4.99 Å². The lowest BCUT2D eigenvalue weighted by Gasteiger charge is -2.28. The fourth-order valence-corrected chi connectivity index (χ4v) is 3.77. The largest absolute Gasteiger partial charge is 0.506 e. The maximum Gasteiger partial charge on any atom is 0.255 e. The molecule has 7 heteroatoms. The predicted octanol–water partition coefficient (Wildman–Crippen LogP) is 2.66. The molecule has 26 heavy (non-hydrogen) atoms. The minimum Gasteiger partial charge on any atom is -0.506 e. The average Bonchev–Trinajstić information content (AvgIpc) is 2.66. The summed E-state index contributed by atoms with van der Waals surface area (Å²) in [6.07, 6.45) is 3.78. The number of benzene rings is 1. The molecule has 0 unspecified atom stereocenters. The molecular formula is C19H21ClN4O2. The van der Waals surface area contributed by atoms with Gasteiger partial charge in [-0.1, -0.05) is 23.7 Å². The van der Waals surface area contributed by atoms with Gasteiger partial charge in [-0.25, -0.2) is 4.98 Å². The number of fused-ring (bicyclic) bond motifs is 1. The Morgan fingerprint density at radius 1 is 1.27 bits per heavy atom. The molecule has 2 aliphatic rings. The number of aromatic nitrogens is 2. The standard InChI is InChI=1S/C19H21ClN4O2/c20-14-5-3-4-12(17(14)25)10-24-9-7-15-13(11-24)19(26)23-18(22-15)16-6-1-2-8-21-16/h3-5,25H,1-2,6-11H2,(H,22,23,26). The lowest BCUT2D eigenvalue weighted by Crippen LogP contribution is -2.36. The Balaban J connectivity index is 1.56. The lowest BCUT2D eigenvalue weighted by atomic mass is 10.0. The Morgan fingerprint density at radius 2 is 2.15 bits per heavy atom. The number of hydrogen-bond donors (Lipinski definition) is 2. The monoisotopic (exact) mass is 372 g/mol. The van der Waals surface area contributed by atoms with E-state index >= 15 is 0 Å². The summed E-state index contributed by atoms with van der Waals surface area (Å²) in [5.74, 6) is 0.743. The quantitative estimate of drug-likeness (QED) is 0.867. The van der Waals surface area contributed by atoms with Gasteiger partial charge < -0.3 is 10.1 Å². The molecule has 136 valence electrons. The van der Waals surface area contributed by atoms with Gasteiger partial charge in [0.1, 0.15) is 5.75 Å². The number of nitrogens with zero attached hydrogens (tertiary/aromatic N) is 3. The van der Waals surface area contributed by atoms with Crippen LogP contribution in [0.2, 0.25) is 5.02 Å². The van der Waals surface area contributed by atoms with E-state index in [0.717, 1.165) is 49.3 Å². The Labute approximate surface area is 156 Å². The predicted molar refractivity (Wildman–Crippen MR) is 101 cm³/mol. The highest BCUT2D eigenvalue weighted by Crippen LogP contribution is 2.29. The number of rotatable bonds is 3. The van der Waals surface area contributed by atoms with Crippen molar-refractivity contribution in [1.29, 1.82) is 0 Å². The molecule has 0 fully saturated rings. The number of H-pyrrole nitrogens is 1. The second-order valence-corrected chi connectivity index (χ2v) is 7.24. The Kier molecular flexibility index (Phi) is 4.78. The summed E-state index contributed by atoms with van der Waals surface area (Å²) in [6.45, 7) is 2.64. The summed E-state index contributed by atoms with van der Waals surface area (Å²) in [5, 5.41) is 10.5. The molecule has 0 radical (unpaired) electrons. The average molecular weight is 373 g/mol. The molecule has 0 bridgehead atoms. The molecule has 0 amide bonds. The molecule has 2 aliphatic heterocycles. The highest BCUT2D eigenvalue weighted by Gasteiger charge is 2.23. The van der Waals surface area contributed by atoms with Crippen LogP contribution in [0.25, 0.3) is 0 Å². The second-order valence-electron chi connectivity index (χ2n) is 6.83. The van der Waals surface area contributed by atoms with Crippen LogP contribution in [0.5, 0.6) is 5.75 Å². The van der Waals surface area contributed by atoms with Crippen molar-refractivity contribution >= 4 is 17.3 Å². The van der Waals surface area contributed by atoms with Crippen LogP contribution in [-0.4, -0.2) is 38.8 Å². The van der Waals surface area contributed by atoms with E-state index in [9.17, 15) is 9.90 Å². The first-order valence-electron chi connectivity index (χ1n) is 8.96. The first-order chi connectivity index (χ1) is 12.6. The highest BCUT2D eigenvalue weighted by atomic mass is 35.5. The van der Waals surface area contributed by atoms with E-state index in [-0.39, 0.29) is 11.3 Å². The van der Waals surface area contributed by atoms with Crippen LogP contribution in [0.3, 0.4) is 0 Å². The summed E-state index contributed by atoms with van der Waals surface area (Å²) in [4.78, 5) is 26.8. The maximum atomic E-state index is 12.6. The van der Waals surface area contributed by atoms with Crippen molar-refractivity contribution in [3.05, 3.63) is 56.2 Å². The molecule has 2 aromatic rings. The summed E-state index contributed by atoms with van der Waals surface area (Å²) in [7, 11) is 0. The van der Waals surface area contributed by atoms with E-state index < -0.39 is 0 Å². The highest BCUT2D eigenvalue weighted by molar-refractivity contribution is 6.32.